The number of aliphatic hydroxyl groups excluding tert-OH is 1. The summed E-state index contributed by atoms with van der Waals surface area (Å²) < 4.78 is 5.53. The normalized spacial score (nSPS) is 12.3. The van der Waals surface area contributed by atoms with E-state index in [1.54, 1.807) is 6.08 Å². The molecule has 16 heavy (non-hydrogen) atoms. The molecule has 0 amide bonds. The van der Waals surface area contributed by atoms with Gasteiger partial charge < -0.3 is 9.84 Å². The number of hydrogen-bond donors (Lipinski definition) is 1. The third-order valence-corrected chi connectivity index (χ3v) is 2.42. The Labute approximate surface area is 97.6 Å². The Balaban J connectivity index is 1.98. The van der Waals surface area contributed by atoms with Gasteiger partial charge in [0, 0.05) is 6.61 Å². The summed E-state index contributed by atoms with van der Waals surface area (Å²) in [5.74, 6) is 0. The molecule has 0 spiro atoms. The maximum absolute atomic E-state index is 9.23. The molecule has 0 aliphatic rings. The van der Waals surface area contributed by atoms with E-state index in [0.717, 1.165) is 25.9 Å². The van der Waals surface area contributed by atoms with E-state index >= 15 is 0 Å². The van der Waals surface area contributed by atoms with Crippen LogP contribution in [-0.2, 0) is 11.3 Å². The number of rotatable bonds is 8. The minimum atomic E-state index is -0.367. The molecule has 0 aliphatic heterocycles. The van der Waals surface area contributed by atoms with E-state index in [4.69, 9.17) is 4.74 Å². The number of aliphatic hydroxyl groups is 1. The Morgan fingerprint density at radius 1 is 1.25 bits per heavy atom. The van der Waals surface area contributed by atoms with Gasteiger partial charge in [-0.05, 0) is 24.8 Å². The van der Waals surface area contributed by atoms with E-state index in [-0.39, 0.29) is 6.10 Å². The molecule has 0 fully saturated rings. The molecule has 2 heteroatoms. The van der Waals surface area contributed by atoms with Crippen molar-refractivity contribution >= 4 is 0 Å². The smallest absolute Gasteiger partial charge is 0.0718 e. The van der Waals surface area contributed by atoms with E-state index in [1.165, 1.54) is 5.56 Å². The highest BCUT2D eigenvalue weighted by Gasteiger charge is 1.97. The first-order valence-electron chi connectivity index (χ1n) is 5.75. The molecule has 0 saturated carbocycles. The molecule has 0 saturated heterocycles. The van der Waals surface area contributed by atoms with Crippen LogP contribution >= 0.6 is 0 Å². The van der Waals surface area contributed by atoms with Gasteiger partial charge in [0.05, 0.1) is 12.7 Å². The van der Waals surface area contributed by atoms with Crippen molar-refractivity contribution < 1.29 is 9.84 Å². The quantitative estimate of drug-likeness (QED) is 0.539. The lowest BCUT2D eigenvalue weighted by molar-refractivity contribution is 0.113. The minimum absolute atomic E-state index is 0.367. The molecule has 1 aromatic rings. The Kier molecular flexibility index (Phi) is 6.54. The Bertz CT molecular complexity index is 282. The molecule has 0 radical (unpaired) electrons. The van der Waals surface area contributed by atoms with Gasteiger partial charge in [-0.3, -0.25) is 0 Å². The Morgan fingerprint density at radius 3 is 2.69 bits per heavy atom. The molecule has 2 nitrogen and oxygen atoms in total. The first-order chi connectivity index (χ1) is 7.83. The van der Waals surface area contributed by atoms with E-state index in [2.05, 4.69) is 18.7 Å². The van der Waals surface area contributed by atoms with Gasteiger partial charge in [-0.1, -0.05) is 36.4 Å². The van der Waals surface area contributed by atoms with Crippen molar-refractivity contribution in [1.82, 2.24) is 0 Å². The van der Waals surface area contributed by atoms with Crippen molar-refractivity contribution in [2.24, 2.45) is 0 Å². The fourth-order valence-corrected chi connectivity index (χ4v) is 1.44. The van der Waals surface area contributed by atoms with Crippen LogP contribution < -0.4 is 0 Å². The first kappa shape index (κ1) is 12.9. The lowest BCUT2D eigenvalue weighted by Gasteiger charge is -2.06. The van der Waals surface area contributed by atoms with Crippen LogP contribution in [0.15, 0.2) is 43.0 Å². The summed E-state index contributed by atoms with van der Waals surface area (Å²) in [5.41, 5.74) is 1.20. The lowest BCUT2D eigenvalue weighted by atomic mass is 10.1. The van der Waals surface area contributed by atoms with Gasteiger partial charge in [0.2, 0.25) is 0 Å². The molecule has 1 unspecified atom stereocenters. The Hall–Kier alpha value is -1.12. The van der Waals surface area contributed by atoms with Crippen LogP contribution in [-0.4, -0.2) is 17.8 Å². The monoisotopic (exact) mass is 220 g/mol. The summed E-state index contributed by atoms with van der Waals surface area (Å²) in [6, 6.07) is 10.1. The van der Waals surface area contributed by atoms with Gasteiger partial charge in [-0.15, -0.1) is 6.58 Å². The molecular formula is C14H20O2. The highest BCUT2D eigenvalue weighted by Crippen LogP contribution is 2.04. The van der Waals surface area contributed by atoms with Gasteiger partial charge in [0.1, 0.15) is 0 Å². The van der Waals surface area contributed by atoms with E-state index in [9.17, 15) is 5.11 Å². The number of ether oxygens (including phenoxy) is 1. The van der Waals surface area contributed by atoms with Gasteiger partial charge >= 0.3 is 0 Å². The molecule has 88 valence electrons. The van der Waals surface area contributed by atoms with Gasteiger partial charge in [0.25, 0.3) is 0 Å². The summed E-state index contributed by atoms with van der Waals surface area (Å²) in [4.78, 5) is 0. The van der Waals surface area contributed by atoms with Gasteiger partial charge in [-0.25, -0.2) is 0 Å². The van der Waals surface area contributed by atoms with Crippen molar-refractivity contribution in [2.45, 2.75) is 32.0 Å². The van der Waals surface area contributed by atoms with E-state index < -0.39 is 0 Å². The van der Waals surface area contributed by atoms with Crippen molar-refractivity contribution in [2.75, 3.05) is 6.61 Å². The molecule has 1 N–H and O–H groups in total. The number of hydrogen-bond acceptors (Lipinski definition) is 2. The SMILES string of the molecule is C=CC(O)CCCCOCc1ccccc1. The summed E-state index contributed by atoms with van der Waals surface area (Å²) in [6.07, 6.45) is 3.94. The number of benzene rings is 1. The number of unbranched alkanes of at least 4 members (excludes halogenated alkanes) is 1. The predicted octanol–water partition coefficient (Wildman–Crippen LogP) is 2.92. The maximum atomic E-state index is 9.23. The summed E-state index contributed by atoms with van der Waals surface area (Å²) in [7, 11) is 0. The molecule has 0 heterocycles. The van der Waals surface area contributed by atoms with E-state index in [0.29, 0.717) is 6.61 Å². The van der Waals surface area contributed by atoms with Crippen LogP contribution in [0.2, 0.25) is 0 Å². The molecule has 1 rings (SSSR count). The van der Waals surface area contributed by atoms with E-state index in [1.807, 2.05) is 18.2 Å². The van der Waals surface area contributed by atoms with Crippen LogP contribution in [0, 0.1) is 0 Å². The second-order valence-corrected chi connectivity index (χ2v) is 3.84. The van der Waals surface area contributed by atoms with Crippen LogP contribution in [0.25, 0.3) is 0 Å². The van der Waals surface area contributed by atoms with Gasteiger partial charge in [0.15, 0.2) is 0 Å². The average molecular weight is 220 g/mol. The van der Waals surface area contributed by atoms with Crippen LogP contribution in [0.3, 0.4) is 0 Å². The minimum Gasteiger partial charge on any atom is -0.389 e. The zero-order valence-corrected chi connectivity index (χ0v) is 9.64. The molecule has 0 aromatic heterocycles. The highest BCUT2D eigenvalue weighted by molar-refractivity contribution is 5.13. The van der Waals surface area contributed by atoms with Crippen molar-refractivity contribution in [3.05, 3.63) is 48.6 Å². The fraction of sp³-hybridized carbons (Fsp3) is 0.429. The highest BCUT2D eigenvalue weighted by atomic mass is 16.5. The topological polar surface area (TPSA) is 29.5 Å². The maximum Gasteiger partial charge on any atom is 0.0718 e. The third-order valence-electron chi connectivity index (χ3n) is 2.42. The summed E-state index contributed by atoms with van der Waals surface area (Å²) in [6.45, 7) is 4.95. The zero-order chi connectivity index (χ0) is 11.6. The predicted molar refractivity (Wildman–Crippen MR) is 66.2 cm³/mol. The lowest BCUT2D eigenvalue weighted by Crippen LogP contribution is -2.02. The van der Waals surface area contributed by atoms with Crippen LogP contribution in [0.1, 0.15) is 24.8 Å². The second kappa shape index (κ2) is 8.08. The van der Waals surface area contributed by atoms with Crippen LogP contribution in [0.5, 0.6) is 0 Å². The van der Waals surface area contributed by atoms with Crippen molar-refractivity contribution in [3.8, 4) is 0 Å². The Morgan fingerprint density at radius 2 is 2.00 bits per heavy atom. The molecule has 1 aromatic carbocycles. The van der Waals surface area contributed by atoms with Crippen molar-refractivity contribution in [3.63, 3.8) is 0 Å². The van der Waals surface area contributed by atoms with Crippen LogP contribution in [0.4, 0.5) is 0 Å². The largest absolute Gasteiger partial charge is 0.389 e. The van der Waals surface area contributed by atoms with Crippen molar-refractivity contribution in [1.29, 1.82) is 0 Å². The molecule has 0 aliphatic carbocycles. The second-order valence-electron chi connectivity index (χ2n) is 3.84. The fourth-order valence-electron chi connectivity index (χ4n) is 1.44. The first-order valence-corrected chi connectivity index (χ1v) is 5.75. The molecule has 1 atom stereocenters. The summed E-state index contributed by atoms with van der Waals surface area (Å²) in [5, 5.41) is 9.23. The molecular weight excluding hydrogens is 200 g/mol. The third kappa shape index (κ3) is 5.69. The zero-order valence-electron chi connectivity index (χ0n) is 9.64. The molecule has 0 bridgehead atoms. The van der Waals surface area contributed by atoms with Gasteiger partial charge in [-0.2, -0.15) is 0 Å². The summed E-state index contributed by atoms with van der Waals surface area (Å²) >= 11 is 0. The standard InChI is InChI=1S/C14H20O2/c1-2-14(15)10-6-7-11-16-12-13-8-4-3-5-9-13/h2-5,8-9,14-15H,1,6-7,10-12H2. The average Bonchev–Trinajstić information content (AvgIpc) is 2.34.